The molecule has 1 aromatic rings. The number of likely N-dealkylation sites (N-methyl/N-ethyl adjacent to an activating group) is 2. The first-order valence-corrected chi connectivity index (χ1v) is 13.7. The summed E-state index contributed by atoms with van der Waals surface area (Å²) in [5.74, 6) is -10.2. The van der Waals surface area contributed by atoms with Crippen molar-refractivity contribution in [3.63, 3.8) is 0 Å². The number of nitrogens with one attached hydrogen (secondary N) is 1. The van der Waals surface area contributed by atoms with E-state index >= 15 is 0 Å². The number of aromatic hydroxyl groups is 1. The normalized spacial score (nSPS) is 29.8. The van der Waals surface area contributed by atoms with Crippen molar-refractivity contribution in [2.75, 3.05) is 33.5 Å². The van der Waals surface area contributed by atoms with Gasteiger partial charge in [0.25, 0.3) is 5.91 Å². The van der Waals surface area contributed by atoms with E-state index in [0.717, 1.165) is 6.42 Å². The molecule has 42 heavy (non-hydrogen) atoms. The lowest BCUT2D eigenvalue weighted by molar-refractivity contribution is -0.169. The number of nitrogens with zero attached hydrogens (tertiary/aromatic N) is 2. The number of hydrogen-bond acceptors (Lipinski definition) is 11. The molecule has 13 nitrogen and oxygen atoms in total. The molecule has 0 heterocycles. The van der Waals surface area contributed by atoms with Crippen molar-refractivity contribution in [3.05, 3.63) is 40.2 Å². The molecule has 8 N–H and O–H groups in total. The summed E-state index contributed by atoms with van der Waals surface area (Å²) in [5.41, 5.74) is 0.975. The SMILES string of the molecule is CCCC(C(=O)Nc1ccc2c(c1O)C(O)=C1C(=O)C3(O)C(O)=C(C(N)=O)C(=O)[C@@H](N(C)C)C3C(O)C1C2C)N(C)C. The van der Waals surface area contributed by atoms with Gasteiger partial charge in [-0.1, -0.05) is 26.3 Å². The molecule has 228 valence electrons. The summed E-state index contributed by atoms with van der Waals surface area (Å²) >= 11 is 0. The van der Waals surface area contributed by atoms with Gasteiger partial charge in [-0.2, -0.15) is 0 Å². The molecule has 0 radical (unpaired) electrons. The molecule has 4 rings (SSSR count). The average Bonchev–Trinajstić information content (AvgIpc) is 2.89. The molecule has 13 heteroatoms. The summed E-state index contributed by atoms with van der Waals surface area (Å²) in [4.78, 5) is 55.5. The van der Waals surface area contributed by atoms with Crippen LogP contribution >= 0.6 is 0 Å². The lowest BCUT2D eigenvalue weighted by Crippen LogP contribution is -2.70. The number of nitrogens with two attached hydrogens (primary N) is 1. The largest absolute Gasteiger partial charge is 0.508 e. The second-order valence-corrected chi connectivity index (χ2v) is 11.7. The number of benzene rings is 1. The zero-order valence-electron chi connectivity index (χ0n) is 24.4. The molecule has 0 saturated heterocycles. The van der Waals surface area contributed by atoms with Crippen LogP contribution < -0.4 is 11.1 Å². The number of fused-ring (bicyclic) bond motifs is 3. The Morgan fingerprint density at radius 2 is 1.74 bits per heavy atom. The van der Waals surface area contributed by atoms with E-state index in [1.165, 1.54) is 25.1 Å². The third-order valence-corrected chi connectivity index (χ3v) is 8.88. The van der Waals surface area contributed by atoms with E-state index in [1.807, 2.05) is 6.92 Å². The molecule has 0 aromatic heterocycles. The summed E-state index contributed by atoms with van der Waals surface area (Å²) in [6.07, 6.45) is -0.408. The van der Waals surface area contributed by atoms with Crippen LogP contribution in [0, 0.1) is 11.8 Å². The second-order valence-electron chi connectivity index (χ2n) is 11.7. The Balaban J connectivity index is 1.91. The molecule has 2 amide bonds. The monoisotopic (exact) mass is 586 g/mol. The van der Waals surface area contributed by atoms with Crippen molar-refractivity contribution < 1.29 is 44.7 Å². The number of carbonyl (C=O) groups is 4. The van der Waals surface area contributed by atoms with Gasteiger partial charge in [-0.25, -0.2) is 0 Å². The fraction of sp³-hybridized carbons (Fsp3) is 0.517. The third kappa shape index (κ3) is 4.30. The molecule has 7 atom stereocenters. The van der Waals surface area contributed by atoms with Crippen molar-refractivity contribution >= 4 is 34.8 Å². The lowest BCUT2D eigenvalue weighted by atomic mass is 9.54. The molecule has 1 fully saturated rings. The number of aliphatic hydroxyl groups excluding tert-OH is 3. The fourth-order valence-electron chi connectivity index (χ4n) is 6.83. The molecule has 1 saturated carbocycles. The topological polar surface area (TPSA) is 214 Å². The first-order valence-electron chi connectivity index (χ1n) is 13.7. The van der Waals surface area contributed by atoms with Gasteiger partial charge in [0.15, 0.2) is 11.4 Å². The highest BCUT2D eigenvalue weighted by molar-refractivity contribution is 6.24. The summed E-state index contributed by atoms with van der Waals surface area (Å²) in [6, 6.07) is 1.06. The maximum Gasteiger partial charge on any atom is 0.255 e. The van der Waals surface area contributed by atoms with E-state index in [4.69, 9.17) is 5.73 Å². The van der Waals surface area contributed by atoms with Crippen LogP contribution in [0.5, 0.6) is 5.75 Å². The van der Waals surface area contributed by atoms with E-state index in [0.29, 0.717) is 12.0 Å². The van der Waals surface area contributed by atoms with Gasteiger partial charge >= 0.3 is 0 Å². The molecule has 0 aliphatic heterocycles. The zero-order valence-corrected chi connectivity index (χ0v) is 24.4. The number of hydrogen-bond donors (Lipinski definition) is 7. The minimum absolute atomic E-state index is 0.0328. The Bertz CT molecular complexity index is 1430. The number of phenols is 1. The van der Waals surface area contributed by atoms with Crippen LogP contribution in [0.1, 0.15) is 43.7 Å². The van der Waals surface area contributed by atoms with Gasteiger partial charge in [0.05, 0.1) is 35.4 Å². The molecular weight excluding hydrogens is 548 g/mol. The number of anilines is 1. The quantitative estimate of drug-likeness (QED) is 0.169. The van der Waals surface area contributed by atoms with Gasteiger partial charge in [0.1, 0.15) is 22.8 Å². The van der Waals surface area contributed by atoms with Crippen LogP contribution in [0.25, 0.3) is 5.76 Å². The van der Waals surface area contributed by atoms with Gasteiger partial charge in [0.2, 0.25) is 11.7 Å². The van der Waals surface area contributed by atoms with Gasteiger partial charge in [-0.3, -0.25) is 29.0 Å². The number of amides is 2. The smallest absolute Gasteiger partial charge is 0.255 e. The number of ketones is 2. The van der Waals surface area contributed by atoms with Crippen molar-refractivity contribution in [3.8, 4) is 5.75 Å². The predicted molar refractivity (Wildman–Crippen MR) is 151 cm³/mol. The van der Waals surface area contributed by atoms with E-state index in [9.17, 15) is 44.7 Å². The summed E-state index contributed by atoms with van der Waals surface area (Å²) in [5, 5.41) is 59.8. The van der Waals surface area contributed by atoms with E-state index < -0.39 is 93.3 Å². The Kier molecular flexibility index (Phi) is 8.02. The van der Waals surface area contributed by atoms with Gasteiger partial charge in [0, 0.05) is 11.5 Å². The van der Waals surface area contributed by atoms with Crippen LogP contribution in [0.15, 0.2) is 29.0 Å². The first-order chi connectivity index (χ1) is 19.5. The molecule has 6 unspecified atom stereocenters. The molecule has 0 spiro atoms. The average molecular weight is 587 g/mol. The van der Waals surface area contributed by atoms with E-state index in [1.54, 1.807) is 32.0 Å². The number of Topliss-reactive ketones (excluding diaryl/α,β-unsaturated/α-hetero) is 2. The highest BCUT2D eigenvalue weighted by atomic mass is 16.4. The zero-order chi connectivity index (χ0) is 31.6. The minimum Gasteiger partial charge on any atom is -0.508 e. The Labute approximate surface area is 242 Å². The number of rotatable bonds is 7. The van der Waals surface area contributed by atoms with Crippen LogP contribution in [-0.2, 0) is 19.2 Å². The second kappa shape index (κ2) is 10.8. The lowest BCUT2D eigenvalue weighted by Gasteiger charge is -2.53. The highest BCUT2D eigenvalue weighted by Gasteiger charge is 2.68. The molecular formula is C29H38N4O9. The Morgan fingerprint density at radius 1 is 1.12 bits per heavy atom. The third-order valence-electron chi connectivity index (χ3n) is 8.88. The van der Waals surface area contributed by atoms with Gasteiger partial charge in [-0.15, -0.1) is 0 Å². The summed E-state index contributed by atoms with van der Waals surface area (Å²) in [6.45, 7) is 3.57. The van der Waals surface area contributed by atoms with Crippen molar-refractivity contribution in [1.29, 1.82) is 0 Å². The Morgan fingerprint density at radius 3 is 2.26 bits per heavy atom. The first kappa shape index (κ1) is 31.2. The number of carbonyl (C=O) groups excluding carboxylic acids is 4. The number of aliphatic hydroxyl groups is 4. The van der Waals surface area contributed by atoms with Crippen molar-refractivity contribution in [2.24, 2.45) is 17.6 Å². The van der Waals surface area contributed by atoms with Crippen LogP contribution in [0.3, 0.4) is 0 Å². The number of phenolic OH excluding ortho intramolecular Hbond substituents is 1. The highest BCUT2D eigenvalue weighted by Crippen LogP contribution is 2.56. The summed E-state index contributed by atoms with van der Waals surface area (Å²) < 4.78 is 0. The maximum absolute atomic E-state index is 14.1. The number of primary amides is 1. The Hall–Kier alpha value is -3.78. The molecule has 3 aliphatic rings. The fourth-order valence-corrected chi connectivity index (χ4v) is 6.83. The standard InChI is InChI=1S/C29H38N4O9/c1-7-8-14(32(3)4)28(41)31-13-10-9-12-11(2)15-17(22(35)16(12)21(13)34)25(38)29(42)19(23(15)36)20(33(5)6)24(37)18(26(29)39)27(30)40/h9-11,14-15,19-20,23,34-36,39,42H,7-8H2,1-6H3,(H2,30,40)(H,31,41)/t11?,14?,15?,19?,20-,23?,29?/m0/s1. The molecule has 1 aromatic carbocycles. The molecule has 3 aliphatic carbocycles. The van der Waals surface area contributed by atoms with Crippen LogP contribution in [-0.4, -0.2) is 111 Å². The van der Waals surface area contributed by atoms with E-state index in [-0.39, 0.29) is 11.3 Å². The van der Waals surface area contributed by atoms with Crippen LogP contribution in [0.4, 0.5) is 5.69 Å². The van der Waals surface area contributed by atoms with Crippen molar-refractivity contribution in [1.82, 2.24) is 9.80 Å². The van der Waals surface area contributed by atoms with Gasteiger partial charge in [-0.05, 0) is 52.2 Å². The van der Waals surface area contributed by atoms with E-state index in [2.05, 4.69) is 5.32 Å². The maximum atomic E-state index is 14.1. The molecule has 0 bridgehead atoms. The van der Waals surface area contributed by atoms with Crippen molar-refractivity contribution in [2.45, 2.75) is 56.4 Å². The minimum atomic E-state index is -3.00. The summed E-state index contributed by atoms with van der Waals surface area (Å²) in [7, 11) is 6.38. The van der Waals surface area contributed by atoms with Crippen LogP contribution in [0.2, 0.25) is 0 Å². The van der Waals surface area contributed by atoms with Gasteiger partial charge < -0.3 is 36.6 Å². The predicted octanol–water partition coefficient (Wildman–Crippen LogP) is 0.165.